The summed E-state index contributed by atoms with van der Waals surface area (Å²) in [6.07, 6.45) is 0.559. The van der Waals surface area contributed by atoms with Crippen molar-refractivity contribution in [1.29, 1.82) is 0 Å². The van der Waals surface area contributed by atoms with Crippen LogP contribution >= 0.6 is 0 Å². The number of carbonyl (C=O) groups excluding carboxylic acids is 1. The number of carbonyl (C=O) groups is 1. The van der Waals surface area contributed by atoms with Gasteiger partial charge in [0.2, 0.25) is 0 Å². The minimum absolute atomic E-state index is 0.150. The summed E-state index contributed by atoms with van der Waals surface area (Å²) >= 11 is 0. The molecule has 0 saturated heterocycles. The molecule has 0 aliphatic carbocycles. The third kappa shape index (κ3) is 3.65. The molecule has 0 atom stereocenters. The van der Waals surface area contributed by atoms with E-state index in [-0.39, 0.29) is 12.0 Å². The second-order valence-corrected chi connectivity index (χ2v) is 3.13. The molecular weight excluding hydrogens is 202 g/mol. The Labute approximate surface area is 86.9 Å². The van der Waals surface area contributed by atoms with Crippen LogP contribution in [0.4, 0.5) is 8.78 Å². The molecule has 2 nitrogen and oxygen atoms in total. The summed E-state index contributed by atoms with van der Waals surface area (Å²) in [6.45, 7) is 2.19. The molecule has 0 N–H and O–H groups in total. The number of halogens is 2. The van der Waals surface area contributed by atoms with E-state index < -0.39 is 17.6 Å². The molecule has 0 spiro atoms. The van der Waals surface area contributed by atoms with Gasteiger partial charge in [0.15, 0.2) is 0 Å². The third-order valence-corrected chi connectivity index (χ3v) is 1.82. The first-order valence-electron chi connectivity index (χ1n) is 4.73. The second kappa shape index (κ2) is 5.44. The van der Waals surface area contributed by atoms with Crippen molar-refractivity contribution >= 4 is 5.97 Å². The van der Waals surface area contributed by atoms with Crippen molar-refractivity contribution < 1.29 is 18.3 Å². The summed E-state index contributed by atoms with van der Waals surface area (Å²) < 4.78 is 30.4. The molecular formula is C11H12F2O2. The molecule has 1 aromatic rings. The van der Waals surface area contributed by atoms with Gasteiger partial charge in [0.05, 0.1) is 13.0 Å². The number of rotatable bonds is 4. The van der Waals surface area contributed by atoms with Crippen LogP contribution in [0.15, 0.2) is 18.2 Å². The van der Waals surface area contributed by atoms with Crippen LogP contribution in [0, 0.1) is 11.6 Å². The zero-order chi connectivity index (χ0) is 11.3. The third-order valence-electron chi connectivity index (χ3n) is 1.82. The maximum Gasteiger partial charge on any atom is 0.310 e. The number of ether oxygens (including phenoxy) is 1. The van der Waals surface area contributed by atoms with Gasteiger partial charge in [0.1, 0.15) is 11.6 Å². The summed E-state index contributed by atoms with van der Waals surface area (Å²) in [4.78, 5) is 11.1. The van der Waals surface area contributed by atoms with Gasteiger partial charge in [-0.25, -0.2) is 8.78 Å². The van der Waals surface area contributed by atoms with E-state index in [0.717, 1.165) is 18.6 Å². The summed E-state index contributed by atoms with van der Waals surface area (Å²) in [5.41, 5.74) is 0.150. The molecule has 1 aromatic carbocycles. The van der Waals surface area contributed by atoms with Crippen LogP contribution in [-0.4, -0.2) is 12.6 Å². The Bertz CT molecular complexity index is 350. The minimum atomic E-state index is -0.719. The summed E-state index contributed by atoms with van der Waals surface area (Å²) in [5, 5.41) is 0. The van der Waals surface area contributed by atoms with Crippen molar-refractivity contribution in [2.24, 2.45) is 0 Å². The SMILES string of the molecule is CCCOC(=O)Cc1ccc(F)cc1F. The van der Waals surface area contributed by atoms with Crippen LogP contribution in [0.5, 0.6) is 0 Å². The van der Waals surface area contributed by atoms with E-state index in [4.69, 9.17) is 4.74 Å². The molecule has 0 aliphatic heterocycles. The molecule has 0 radical (unpaired) electrons. The Morgan fingerprint density at radius 1 is 1.40 bits per heavy atom. The number of benzene rings is 1. The first-order chi connectivity index (χ1) is 7.13. The molecule has 1 rings (SSSR count). The van der Waals surface area contributed by atoms with Crippen molar-refractivity contribution in [3.63, 3.8) is 0 Å². The Hall–Kier alpha value is -1.45. The highest BCUT2D eigenvalue weighted by molar-refractivity contribution is 5.72. The van der Waals surface area contributed by atoms with Gasteiger partial charge in [0.25, 0.3) is 0 Å². The summed E-state index contributed by atoms with van der Waals surface area (Å²) in [7, 11) is 0. The number of hydrogen-bond acceptors (Lipinski definition) is 2. The monoisotopic (exact) mass is 214 g/mol. The average Bonchev–Trinajstić information content (AvgIpc) is 2.19. The van der Waals surface area contributed by atoms with Gasteiger partial charge in [-0.2, -0.15) is 0 Å². The van der Waals surface area contributed by atoms with Crippen molar-refractivity contribution in [3.05, 3.63) is 35.4 Å². The molecule has 0 saturated carbocycles. The molecule has 15 heavy (non-hydrogen) atoms. The average molecular weight is 214 g/mol. The first-order valence-corrected chi connectivity index (χ1v) is 4.73. The summed E-state index contributed by atoms with van der Waals surface area (Å²) in [6, 6.07) is 3.12. The fourth-order valence-corrected chi connectivity index (χ4v) is 1.09. The van der Waals surface area contributed by atoms with Gasteiger partial charge in [-0.3, -0.25) is 4.79 Å². The number of esters is 1. The van der Waals surface area contributed by atoms with Crippen LogP contribution in [0.3, 0.4) is 0 Å². The van der Waals surface area contributed by atoms with Gasteiger partial charge in [-0.15, -0.1) is 0 Å². The topological polar surface area (TPSA) is 26.3 Å². The molecule has 0 bridgehead atoms. The minimum Gasteiger partial charge on any atom is -0.465 e. The summed E-state index contributed by atoms with van der Waals surface area (Å²) in [5.74, 6) is -1.87. The van der Waals surface area contributed by atoms with E-state index in [1.54, 1.807) is 0 Å². The first kappa shape index (κ1) is 11.6. The zero-order valence-electron chi connectivity index (χ0n) is 8.43. The van der Waals surface area contributed by atoms with Gasteiger partial charge >= 0.3 is 5.97 Å². The Kier molecular flexibility index (Phi) is 4.21. The fourth-order valence-electron chi connectivity index (χ4n) is 1.09. The smallest absolute Gasteiger partial charge is 0.310 e. The zero-order valence-corrected chi connectivity index (χ0v) is 8.43. The van der Waals surface area contributed by atoms with Crippen LogP contribution in [0.1, 0.15) is 18.9 Å². The van der Waals surface area contributed by atoms with E-state index in [1.165, 1.54) is 6.07 Å². The number of hydrogen-bond donors (Lipinski definition) is 0. The maximum absolute atomic E-state index is 13.1. The predicted octanol–water partition coefficient (Wildman–Crippen LogP) is 2.46. The molecule has 0 unspecified atom stereocenters. The highest BCUT2D eigenvalue weighted by Gasteiger charge is 2.09. The van der Waals surface area contributed by atoms with Crippen LogP contribution < -0.4 is 0 Å². The van der Waals surface area contributed by atoms with Crippen LogP contribution in [0.2, 0.25) is 0 Å². The lowest BCUT2D eigenvalue weighted by Crippen LogP contribution is -2.09. The molecule has 0 heterocycles. The van der Waals surface area contributed by atoms with E-state index in [2.05, 4.69) is 0 Å². The van der Waals surface area contributed by atoms with Gasteiger partial charge in [-0.1, -0.05) is 13.0 Å². The highest BCUT2D eigenvalue weighted by atomic mass is 19.1. The molecule has 0 aromatic heterocycles. The molecule has 0 fully saturated rings. The lowest BCUT2D eigenvalue weighted by Gasteiger charge is -2.04. The van der Waals surface area contributed by atoms with Crippen molar-refractivity contribution in [2.75, 3.05) is 6.61 Å². The molecule has 82 valence electrons. The fraction of sp³-hybridized carbons (Fsp3) is 0.364. The largest absolute Gasteiger partial charge is 0.465 e. The van der Waals surface area contributed by atoms with Gasteiger partial charge in [-0.05, 0) is 18.1 Å². The van der Waals surface area contributed by atoms with E-state index in [1.807, 2.05) is 6.92 Å². The quantitative estimate of drug-likeness (QED) is 0.719. The molecule has 4 heteroatoms. The standard InChI is InChI=1S/C11H12F2O2/c1-2-5-15-11(14)6-8-3-4-9(12)7-10(8)13/h3-4,7H,2,5-6H2,1H3. The van der Waals surface area contributed by atoms with Crippen LogP contribution in [0.25, 0.3) is 0 Å². The van der Waals surface area contributed by atoms with Crippen molar-refractivity contribution in [2.45, 2.75) is 19.8 Å². The lowest BCUT2D eigenvalue weighted by molar-refractivity contribution is -0.142. The normalized spacial score (nSPS) is 10.1. The van der Waals surface area contributed by atoms with Gasteiger partial charge < -0.3 is 4.74 Å². The highest BCUT2D eigenvalue weighted by Crippen LogP contribution is 2.10. The van der Waals surface area contributed by atoms with Crippen molar-refractivity contribution in [3.8, 4) is 0 Å². The molecule has 0 amide bonds. The lowest BCUT2D eigenvalue weighted by atomic mass is 10.1. The Morgan fingerprint density at radius 2 is 2.13 bits per heavy atom. The second-order valence-electron chi connectivity index (χ2n) is 3.13. The van der Waals surface area contributed by atoms with E-state index >= 15 is 0 Å². The van der Waals surface area contributed by atoms with Crippen LogP contribution in [-0.2, 0) is 16.0 Å². The Balaban J connectivity index is 2.60. The van der Waals surface area contributed by atoms with E-state index in [0.29, 0.717) is 6.61 Å². The van der Waals surface area contributed by atoms with E-state index in [9.17, 15) is 13.6 Å². The molecule has 0 aliphatic rings. The predicted molar refractivity (Wildman–Crippen MR) is 51.3 cm³/mol. The maximum atomic E-state index is 13.1. The van der Waals surface area contributed by atoms with Crippen molar-refractivity contribution in [1.82, 2.24) is 0 Å². The van der Waals surface area contributed by atoms with Gasteiger partial charge in [0, 0.05) is 6.07 Å². The Morgan fingerprint density at radius 3 is 2.73 bits per heavy atom.